The highest BCUT2D eigenvalue weighted by Gasteiger charge is 2.59. The van der Waals surface area contributed by atoms with Crippen LogP contribution in [0.4, 0.5) is 4.39 Å². The zero-order valence-electron chi connectivity index (χ0n) is 17.9. The first-order chi connectivity index (χ1) is 14.2. The van der Waals surface area contributed by atoms with Gasteiger partial charge in [-0.1, -0.05) is 41.9 Å². The maximum absolute atomic E-state index is 13.2. The molecule has 4 atom stereocenters. The molecule has 4 bridgehead atoms. The maximum atomic E-state index is 13.2. The van der Waals surface area contributed by atoms with Gasteiger partial charge >= 0.3 is 0 Å². The van der Waals surface area contributed by atoms with Crippen LogP contribution in [0.3, 0.4) is 0 Å². The first kappa shape index (κ1) is 20.5. The number of ether oxygens (including phenoxy) is 1. The van der Waals surface area contributed by atoms with Gasteiger partial charge in [-0.25, -0.2) is 4.39 Å². The molecule has 6 rings (SSSR count). The Balaban J connectivity index is 1.31. The molecule has 160 valence electrons. The molecule has 4 aliphatic rings. The second-order valence-electron chi connectivity index (χ2n) is 10.9. The van der Waals surface area contributed by atoms with Crippen LogP contribution in [0.15, 0.2) is 46.9 Å². The van der Waals surface area contributed by atoms with Crippen LogP contribution >= 0.6 is 15.9 Å². The topological polar surface area (TPSA) is 21.3 Å². The fourth-order valence-corrected chi connectivity index (χ4v) is 7.90. The van der Waals surface area contributed by atoms with Crippen LogP contribution < -0.4 is 10.1 Å². The highest BCUT2D eigenvalue weighted by Crippen LogP contribution is 2.66. The minimum atomic E-state index is -0.217. The predicted molar refractivity (Wildman–Crippen MR) is 122 cm³/mol. The lowest BCUT2D eigenvalue weighted by atomic mass is 9.43. The first-order valence-electron chi connectivity index (χ1n) is 11.1. The molecule has 2 aromatic rings. The van der Waals surface area contributed by atoms with E-state index < -0.39 is 0 Å². The van der Waals surface area contributed by atoms with E-state index in [0.29, 0.717) is 17.4 Å². The van der Waals surface area contributed by atoms with Gasteiger partial charge < -0.3 is 10.1 Å². The maximum Gasteiger partial charge on any atom is 0.124 e. The van der Waals surface area contributed by atoms with Crippen LogP contribution in [0, 0.1) is 22.6 Å². The Bertz CT molecular complexity index is 925. The van der Waals surface area contributed by atoms with E-state index >= 15 is 0 Å². The lowest BCUT2D eigenvalue weighted by Crippen LogP contribution is -2.63. The molecular formula is C26H31BrFNO. The van der Waals surface area contributed by atoms with Gasteiger partial charge in [0.25, 0.3) is 0 Å². The van der Waals surface area contributed by atoms with Crippen LogP contribution in [0.2, 0.25) is 0 Å². The molecule has 0 radical (unpaired) electrons. The molecule has 4 saturated carbocycles. The summed E-state index contributed by atoms with van der Waals surface area (Å²) in [5.41, 5.74) is 3.41. The molecule has 0 aromatic heterocycles. The second-order valence-corrected chi connectivity index (χ2v) is 11.8. The zero-order chi connectivity index (χ0) is 21.0. The van der Waals surface area contributed by atoms with E-state index in [1.165, 1.54) is 56.2 Å². The van der Waals surface area contributed by atoms with E-state index in [-0.39, 0.29) is 11.4 Å². The lowest BCUT2D eigenvalue weighted by Gasteiger charge is -2.65. The summed E-state index contributed by atoms with van der Waals surface area (Å²) < 4.78 is 20.4. The van der Waals surface area contributed by atoms with Crippen molar-refractivity contribution in [3.63, 3.8) is 0 Å². The minimum Gasteiger partial charge on any atom is -0.489 e. The molecule has 0 saturated heterocycles. The van der Waals surface area contributed by atoms with Crippen molar-refractivity contribution in [2.45, 2.75) is 71.1 Å². The Morgan fingerprint density at radius 1 is 1.00 bits per heavy atom. The van der Waals surface area contributed by atoms with Gasteiger partial charge in [-0.05, 0) is 91.2 Å². The van der Waals surface area contributed by atoms with Crippen LogP contribution in [0.25, 0.3) is 0 Å². The summed E-state index contributed by atoms with van der Waals surface area (Å²) in [6, 6.07) is 12.7. The molecule has 0 heterocycles. The molecule has 4 fully saturated rings. The average molecular weight is 472 g/mol. The van der Waals surface area contributed by atoms with Crippen molar-refractivity contribution >= 4 is 15.9 Å². The molecule has 1 N–H and O–H groups in total. The van der Waals surface area contributed by atoms with Crippen molar-refractivity contribution in [3.05, 3.63) is 63.9 Å². The average Bonchev–Trinajstić information content (AvgIpc) is 2.64. The first-order valence-corrected chi connectivity index (χ1v) is 11.9. The van der Waals surface area contributed by atoms with Crippen molar-refractivity contribution in [2.75, 3.05) is 0 Å². The Morgan fingerprint density at radius 2 is 1.70 bits per heavy atom. The molecule has 30 heavy (non-hydrogen) atoms. The van der Waals surface area contributed by atoms with Crippen molar-refractivity contribution in [1.82, 2.24) is 5.32 Å². The van der Waals surface area contributed by atoms with Crippen LogP contribution in [0.5, 0.6) is 5.75 Å². The van der Waals surface area contributed by atoms with E-state index in [1.807, 2.05) is 12.1 Å². The van der Waals surface area contributed by atoms with Gasteiger partial charge in [0, 0.05) is 22.1 Å². The number of benzene rings is 2. The summed E-state index contributed by atoms with van der Waals surface area (Å²) in [5.74, 6) is 1.56. The lowest BCUT2D eigenvalue weighted by molar-refractivity contribution is -0.118. The van der Waals surface area contributed by atoms with Gasteiger partial charge in [0.15, 0.2) is 0 Å². The largest absolute Gasteiger partial charge is 0.489 e. The second kappa shape index (κ2) is 7.34. The van der Waals surface area contributed by atoms with Gasteiger partial charge in [0.05, 0.1) is 0 Å². The third-order valence-corrected chi connectivity index (χ3v) is 8.10. The molecule has 0 aliphatic heterocycles. The highest BCUT2D eigenvalue weighted by atomic mass is 79.9. The highest BCUT2D eigenvalue weighted by molar-refractivity contribution is 9.10. The molecule has 0 amide bonds. The molecule has 4 aliphatic carbocycles. The van der Waals surface area contributed by atoms with E-state index in [0.717, 1.165) is 28.2 Å². The Kier molecular flexibility index (Phi) is 5.02. The molecule has 2 nitrogen and oxygen atoms in total. The Hall–Kier alpha value is -1.39. The van der Waals surface area contributed by atoms with Crippen LogP contribution in [-0.4, -0.2) is 5.54 Å². The van der Waals surface area contributed by atoms with Gasteiger partial charge in [-0.2, -0.15) is 0 Å². The standard InChI is InChI=1S/C26H31BrFNO/c1-24-10-19-11-25(2,15-24)17-26(12-19,16-24)29-13-20-9-21(27)5-8-23(20)30-14-18-3-6-22(28)7-4-18/h3-9,19,29H,10-17H2,1-2H3/t19?,24-,25+,26?. The molecule has 4 heteroatoms. The fourth-order valence-electron chi connectivity index (χ4n) is 7.50. The van der Waals surface area contributed by atoms with Crippen molar-refractivity contribution in [2.24, 2.45) is 16.7 Å². The minimum absolute atomic E-state index is 0.217. The summed E-state index contributed by atoms with van der Waals surface area (Å²) in [6.45, 7) is 6.29. The normalized spacial score (nSPS) is 34.3. The summed E-state index contributed by atoms with van der Waals surface area (Å²) in [5, 5.41) is 4.02. The summed E-state index contributed by atoms with van der Waals surface area (Å²) in [4.78, 5) is 0. The number of hydrogen-bond acceptors (Lipinski definition) is 2. The zero-order valence-corrected chi connectivity index (χ0v) is 19.5. The number of halogens is 2. The monoisotopic (exact) mass is 471 g/mol. The van der Waals surface area contributed by atoms with E-state index in [9.17, 15) is 4.39 Å². The third-order valence-electron chi connectivity index (χ3n) is 7.61. The van der Waals surface area contributed by atoms with Gasteiger partial charge in [-0.15, -0.1) is 0 Å². The quantitative estimate of drug-likeness (QED) is 0.489. The molecule has 2 unspecified atom stereocenters. The van der Waals surface area contributed by atoms with Gasteiger partial charge in [-0.3, -0.25) is 0 Å². The van der Waals surface area contributed by atoms with Crippen molar-refractivity contribution in [3.8, 4) is 5.75 Å². The summed E-state index contributed by atoms with van der Waals surface area (Å²) in [6.07, 6.45) is 8.13. The number of nitrogens with one attached hydrogen (secondary N) is 1. The van der Waals surface area contributed by atoms with E-state index in [4.69, 9.17) is 4.74 Å². The van der Waals surface area contributed by atoms with Crippen LogP contribution in [-0.2, 0) is 13.2 Å². The Morgan fingerprint density at radius 3 is 2.37 bits per heavy atom. The van der Waals surface area contributed by atoms with E-state index in [2.05, 4.69) is 41.2 Å². The van der Waals surface area contributed by atoms with Gasteiger partial charge in [0.1, 0.15) is 18.2 Å². The molecule has 0 spiro atoms. The van der Waals surface area contributed by atoms with Crippen molar-refractivity contribution < 1.29 is 9.13 Å². The SMILES string of the molecule is C[C@]12CC3CC(NCc4cc(Br)ccc4OCc4ccc(F)cc4)(C1)C[C@@](C)(C3)C2. The van der Waals surface area contributed by atoms with Crippen molar-refractivity contribution in [1.29, 1.82) is 0 Å². The number of hydrogen-bond donors (Lipinski definition) is 1. The predicted octanol–water partition coefficient (Wildman–Crippen LogP) is 7.01. The molecular weight excluding hydrogens is 441 g/mol. The van der Waals surface area contributed by atoms with E-state index in [1.54, 1.807) is 12.1 Å². The summed E-state index contributed by atoms with van der Waals surface area (Å²) in [7, 11) is 0. The van der Waals surface area contributed by atoms with Crippen LogP contribution in [0.1, 0.15) is 63.5 Å². The third kappa shape index (κ3) is 4.05. The Labute approximate surface area is 187 Å². The number of rotatable bonds is 6. The summed E-state index contributed by atoms with van der Waals surface area (Å²) >= 11 is 3.63. The van der Waals surface area contributed by atoms with Gasteiger partial charge in [0.2, 0.25) is 0 Å². The fraction of sp³-hybridized carbons (Fsp3) is 0.538. The molecule has 2 aromatic carbocycles. The smallest absolute Gasteiger partial charge is 0.124 e.